The zero-order chi connectivity index (χ0) is 41.6. The number of fused-ring (bicyclic) bond motifs is 1. The second kappa shape index (κ2) is 15.2. The SMILES string of the molecule is Cc1nc(-c2cc(C(=O)NCc3nc(C(C)(C)C(F)(F)F)n[nH]3)on2)ncc1-c1ccc(CN2CCN(c3ccc4c(N5CCC(=O)NC5=O)cnn4c3)CC2)cc1F. The minimum Gasteiger partial charge on any atom is -0.368 e. The average molecular weight is 816 g/mol. The van der Waals surface area contributed by atoms with Crippen molar-refractivity contribution in [2.75, 3.05) is 42.5 Å². The number of nitrogens with one attached hydrogen (secondary N) is 3. The lowest BCUT2D eigenvalue weighted by molar-refractivity contribution is -0.182. The van der Waals surface area contributed by atoms with E-state index in [2.05, 4.69) is 55.8 Å². The lowest BCUT2D eigenvalue weighted by Crippen LogP contribution is -2.49. The highest BCUT2D eigenvalue weighted by Gasteiger charge is 2.51. The first kappa shape index (κ1) is 39.1. The van der Waals surface area contributed by atoms with Crippen molar-refractivity contribution in [1.29, 1.82) is 0 Å². The maximum Gasteiger partial charge on any atom is 0.401 e. The van der Waals surface area contributed by atoms with Crippen LogP contribution in [0, 0.1) is 12.7 Å². The Morgan fingerprint density at radius 3 is 2.51 bits per heavy atom. The zero-order valence-corrected chi connectivity index (χ0v) is 32.0. The minimum atomic E-state index is -4.57. The van der Waals surface area contributed by atoms with Crippen LogP contribution in [0.3, 0.4) is 0 Å². The van der Waals surface area contributed by atoms with Gasteiger partial charge in [0.05, 0.1) is 35.8 Å². The number of aryl methyl sites for hydroxylation is 1. The fraction of sp³-hybridized carbons (Fsp3) is 0.342. The topological polar surface area (TPSA) is 196 Å². The summed E-state index contributed by atoms with van der Waals surface area (Å²) in [6.07, 6.45) is 0.676. The zero-order valence-electron chi connectivity index (χ0n) is 32.0. The maximum atomic E-state index is 15.6. The molecule has 4 amide bonds. The van der Waals surface area contributed by atoms with Crippen molar-refractivity contribution in [2.24, 2.45) is 0 Å². The van der Waals surface area contributed by atoms with Gasteiger partial charge in [-0.1, -0.05) is 17.3 Å². The molecule has 0 radical (unpaired) electrons. The number of urea groups is 1. The normalized spacial score (nSPS) is 15.6. The van der Waals surface area contributed by atoms with Gasteiger partial charge in [0.15, 0.2) is 17.3 Å². The fourth-order valence-electron chi connectivity index (χ4n) is 6.82. The number of aromatic nitrogens is 8. The summed E-state index contributed by atoms with van der Waals surface area (Å²) in [6, 6.07) is 9.85. The van der Waals surface area contributed by atoms with Crippen LogP contribution in [0.25, 0.3) is 28.2 Å². The van der Waals surface area contributed by atoms with Crippen molar-refractivity contribution in [3.63, 3.8) is 0 Å². The van der Waals surface area contributed by atoms with E-state index in [1.807, 2.05) is 24.4 Å². The van der Waals surface area contributed by atoms with Crippen molar-refractivity contribution in [2.45, 2.75) is 51.9 Å². The molecular weight excluding hydrogens is 778 g/mol. The van der Waals surface area contributed by atoms with Gasteiger partial charge in [0, 0.05) is 74.8 Å². The van der Waals surface area contributed by atoms with E-state index in [1.165, 1.54) is 23.2 Å². The molecule has 0 spiro atoms. The number of H-pyrrole nitrogens is 1. The number of piperazine rings is 1. The van der Waals surface area contributed by atoms with Crippen LogP contribution in [0.5, 0.6) is 0 Å². The van der Waals surface area contributed by atoms with Gasteiger partial charge < -0.3 is 14.7 Å². The number of amides is 4. The molecule has 59 heavy (non-hydrogen) atoms. The Bertz CT molecular complexity index is 2580. The molecule has 0 bridgehead atoms. The van der Waals surface area contributed by atoms with Gasteiger partial charge >= 0.3 is 12.2 Å². The van der Waals surface area contributed by atoms with E-state index in [1.54, 1.807) is 23.7 Å². The summed E-state index contributed by atoms with van der Waals surface area (Å²) in [5.74, 6) is -1.92. The van der Waals surface area contributed by atoms with Crippen LogP contribution in [0.2, 0.25) is 0 Å². The largest absolute Gasteiger partial charge is 0.401 e. The Kier molecular flexibility index (Phi) is 10.1. The second-order valence-corrected chi connectivity index (χ2v) is 14.8. The molecule has 2 fully saturated rings. The number of pyridine rings is 1. The highest BCUT2D eigenvalue weighted by atomic mass is 19.4. The van der Waals surface area contributed by atoms with E-state index in [9.17, 15) is 27.6 Å². The number of imide groups is 1. The van der Waals surface area contributed by atoms with Gasteiger partial charge in [-0.25, -0.2) is 28.7 Å². The van der Waals surface area contributed by atoms with E-state index in [4.69, 9.17) is 4.52 Å². The molecule has 0 unspecified atom stereocenters. The summed E-state index contributed by atoms with van der Waals surface area (Å²) in [6.45, 7) is 7.20. The first-order valence-electron chi connectivity index (χ1n) is 18.6. The number of rotatable bonds is 10. The summed E-state index contributed by atoms with van der Waals surface area (Å²) < 4.78 is 62.5. The number of hydrogen-bond acceptors (Lipinski definition) is 12. The van der Waals surface area contributed by atoms with Gasteiger partial charge in [0.25, 0.3) is 5.91 Å². The van der Waals surface area contributed by atoms with Crippen molar-refractivity contribution in [3.8, 4) is 22.6 Å². The van der Waals surface area contributed by atoms with Crippen molar-refractivity contribution in [3.05, 3.63) is 89.5 Å². The monoisotopic (exact) mass is 815 g/mol. The number of aromatic amines is 1. The van der Waals surface area contributed by atoms with Gasteiger partial charge in [0.2, 0.25) is 11.7 Å². The van der Waals surface area contributed by atoms with Crippen LogP contribution < -0.4 is 20.4 Å². The summed E-state index contributed by atoms with van der Waals surface area (Å²) >= 11 is 0. The lowest BCUT2D eigenvalue weighted by Gasteiger charge is -2.36. The first-order valence-corrected chi connectivity index (χ1v) is 18.6. The number of carbonyl (C=O) groups excluding carboxylic acids is 3. The molecule has 1 aromatic carbocycles. The predicted octanol–water partition coefficient (Wildman–Crippen LogP) is 4.55. The lowest BCUT2D eigenvalue weighted by atomic mass is 9.92. The number of nitrogens with zero attached hydrogens (tertiary/aromatic N) is 10. The number of benzene rings is 1. The molecule has 8 rings (SSSR count). The molecule has 0 aliphatic carbocycles. The van der Waals surface area contributed by atoms with Gasteiger partial charge in [-0.3, -0.25) is 29.8 Å². The molecule has 21 heteroatoms. The van der Waals surface area contributed by atoms with Crippen molar-refractivity contribution >= 4 is 34.7 Å². The molecule has 2 saturated heterocycles. The Morgan fingerprint density at radius 2 is 1.78 bits per heavy atom. The van der Waals surface area contributed by atoms with Crippen LogP contribution >= 0.6 is 0 Å². The summed E-state index contributed by atoms with van der Waals surface area (Å²) in [5.41, 5.74) is 2.31. The van der Waals surface area contributed by atoms with E-state index in [0.29, 0.717) is 35.6 Å². The van der Waals surface area contributed by atoms with Crippen molar-refractivity contribution < 1.29 is 36.5 Å². The summed E-state index contributed by atoms with van der Waals surface area (Å²) in [4.78, 5) is 55.3. The van der Waals surface area contributed by atoms with E-state index < -0.39 is 35.2 Å². The molecule has 306 valence electrons. The first-order chi connectivity index (χ1) is 28.1. The van der Waals surface area contributed by atoms with Crippen molar-refractivity contribution in [1.82, 2.24) is 55.5 Å². The smallest absolute Gasteiger partial charge is 0.368 e. The Labute approximate surface area is 332 Å². The number of halogens is 4. The molecule has 6 aromatic rings. The van der Waals surface area contributed by atoms with Crippen LogP contribution in [-0.4, -0.2) is 102 Å². The van der Waals surface area contributed by atoms with E-state index in [0.717, 1.165) is 56.8 Å². The van der Waals surface area contributed by atoms with Crippen LogP contribution in [0.1, 0.15) is 53.7 Å². The predicted molar refractivity (Wildman–Crippen MR) is 202 cm³/mol. The molecule has 2 aliphatic heterocycles. The highest BCUT2D eigenvalue weighted by molar-refractivity contribution is 6.07. The number of hydrogen-bond donors (Lipinski definition) is 3. The van der Waals surface area contributed by atoms with E-state index in [-0.39, 0.29) is 42.0 Å². The molecule has 17 nitrogen and oxygen atoms in total. The molecule has 0 saturated carbocycles. The third kappa shape index (κ3) is 7.79. The van der Waals surface area contributed by atoms with Gasteiger partial charge in [-0.15, -0.1) is 0 Å². The fourth-order valence-corrected chi connectivity index (χ4v) is 6.82. The molecule has 3 N–H and O–H groups in total. The number of alkyl halides is 3. The number of anilines is 2. The number of carbonyl (C=O) groups is 3. The van der Waals surface area contributed by atoms with E-state index >= 15 is 4.39 Å². The van der Waals surface area contributed by atoms with Gasteiger partial charge in [-0.2, -0.15) is 23.4 Å². The average Bonchev–Trinajstić information content (AvgIpc) is 3.98. The Morgan fingerprint density at radius 1 is 0.983 bits per heavy atom. The molecule has 5 aromatic heterocycles. The van der Waals surface area contributed by atoms with Gasteiger partial charge in [0.1, 0.15) is 17.1 Å². The highest BCUT2D eigenvalue weighted by Crippen LogP contribution is 2.38. The Balaban J connectivity index is 0.852. The standard InChI is InChI=1S/C38H37F4N13O4/c1-21-25(16-43-33(46-21)27-15-30(59-51-27)34(57)44-18-31-47-35(50-49-31)37(2,3)38(40,41)42)24-6-4-22(14-26(24)39)19-52-10-12-53(13-11-52)23-5-7-28-29(17-45-55(28)20-23)54-9-8-32(56)48-36(54)58/h4-7,14-17,20H,8-13,18-19H2,1-3H3,(H,44,57)(H,47,49,50)(H,48,56,58). The summed E-state index contributed by atoms with van der Waals surface area (Å²) in [5, 5.41) is 19.2. The van der Waals surface area contributed by atoms with Crippen LogP contribution in [-0.2, 0) is 23.3 Å². The minimum absolute atomic E-state index is 0.0181. The third-order valence-corrected chi connectivity index (χ3v) is 10.5. The maximum absolute atomic E-state index is 15.6. The molecular formula is C38H37F4N13O4. The summed E-state index contributed by atoms with van der Waals surface area (Å²) in [7, 11) is 0. The van der Waals surface area contributed by atoms with Crippen LogP contribution in [0.4, 0.5) is 33.7 Å². The molecule has 0 atom stereocenters. The second-order valence-electron chi connectivity index (χ2n) is 14.8. The van der Waals surface area contributed by atoms with Gasteiger partial charge in [-0.05, 0) is 44.5 Å². The quantitative estimate of drug-likeness (QED) is 0.164. The van der Waals surface area contributed by atoms with Crippen LogP contribution in [0.15, 0.2) is 59.5 Å². The Hall–Kier alpha value is -6.77. The third-order valence-electron chi connectivity index (χ3n) is 10.5. The molecule has 7 heterocycles. The molecule has 2 aliphatic rings.